The van der Waals surface area contributed by atoms with E-state index in [4.69, 9.17) is 5.26 Å². The van der Waals surface area contributed by atoms with Gasteiger partial charge in [-0.2, -0.15) is 31.6 Å². The second-order valence-corrected chi connectivity index (χ2v) is 6.81. The normalized spacial score (nSPS) is 13.7. The molecule has 1 heterocycles. The molecule has 34 heavy (non-hydrogen) atoms. The van der Waals surface area contributed by atoms with Crippen molar-refractivity contribution in [2.24, 2.45) is 9.98 Å². The number of hydrogen-bond donors (Lipinski definition) is 1. The summed E-state index contributed by atoms with van der Waals surface area (Å²) in [6.45, 7) is 6.38. The lowest BCUT2D eigenvalue weighted by Gasteiger charge is -2.18. The van der Waals surface area contributed by atoms with E-state index in [1.54, 1.807) is 6.92 Å². The van der Waals surface area contributed by atoms with Crippen molar-refractivity contribution in [1.29, 1.82) is 5.26 Å². The highest BCUT2D eigenvalue weighted by atomic mass is 19.4. The van der Waals surface area contributed by atoms with Gasteiger partial charge in [0.25, 0.3) is 5.91 Å². The molecule has 0 fully saturated rings. The van der Waals surface area contributed by atoms with Gasteiger partial charge >= 0.3 is 12.4 Å². The van der Waals surface area contributed by atoms with Gasteiger partial charge in [-0.3, -0.25) is 19.8 Å². The van der Waals surface area contributed by atoms with Crippen LogP contribution in [0.15, 0.2) is 52.2 Å². The van der Waals surface area contributed by atoms with E-state index in [1.165, 1.54) is 31.5 Å². The van der Waals surface area contributed by atoms with Gasteiger partial charge in [-0.05, 0) is 50.9 Å². The summed E-state index contributed by atoms with van der Waals surface area (Å²) in [7, 11) is 0. The summed E-state index contributed by atoms with van der Waals surface area (Å²) < 4.78 is 78.6. The monoisotopic (exact) mass is 481 g/mol. The van der Waals surface area contributed by atoms with Crippen molar-refractivity contribution < 1.29 is 31.1 Å². The van der Waals surface area contributed by atoms with Crippen molar-refractivity contribution in [3.8, 4) is 6.07 Å². The number of nitrogens with zero attached hydrogens (tertiary/aromatic N) is 4. The molecule has 0 saturated carbocycles. The maximum atomic E-state index is 13.1. The predicted molar refractivity (Wildman–Crippen MR) is 113 cm³/mol. The van der Waals surface area contributed by atoms with Crippen LogP contribution < -0.4 is 5.32 Å². The number of nitrogens with one attached hydrogen (secondary N) is 1. The van der Waals surface area contributed by atoms with Gasteiger partial charge in [-0.15, -0.1) is 0 Å². The summed E-state index contributed by atoms with van der Waals surface area (Å²) in [5, 5.41) is 11.2. The van der Waals surface area contributed by atoms with Crippen LogP contribution in [0.1, 0.15) is 46.6 Å². The van der Waals surface area contributed by atoms with E-state index in [1.807, 2.05) is 6.07 Å². The van der Waals surface area contributed by atoms with E-state index < -0.39 is 41.0 Å². The number of aliphatic imine (C=N–C) groups is 2. The van der Waals surface area contributed by atoms with Crippen LogP contribution in [-0.2, 0) is 12.4 Å². The maximum absolute atomic E-state index is 13.1. The van der Waals surface area contributed by atoms with Crippen molar-refractivity contribution >= 4 is 24.5 Å². The van der Waals surface area contributed by atoms with E-state index in [9.17, 15) is 31.1 Å². The highest BCUT2D eigenvalue weighted by Crippen LogP contribution is 2.36. The lowest BCUT2D eigenvalue weighted by molar-refractivity contribution is -0.143. The zero-order valence-electron chi connectivity index (χ0n) is 17.8. The maximum Gasteiger partial charge on any atom is 0.416 e. The number of amides is 1. The van der Waals surface area contributed by atoms with Crippen LogP contribution in [0.25, 0.3) is 5.70 Å². The molecular formula is C22H17F6N5O. The average Bonchev–Trinajstić information content (AvgIpc) is 2.77. The quantitative estimate of drug-likeness (QED) is 0.450. The molecule has 1 N–H and O–H groups in total. The first kappa shape index (κ1) is 26.2. The first-order valence-corrected chi connectivity index (χ1v) is 9.48. The zero-order chi connectivity index (χ0) is 25.7. The minimum atomic E-state index is -5.10. The fourth-order valence-corrected chi connectivity index (χ4v) is 2.84. The molecule has 0 bridgehead atoms. The van der Waals surface area contributed by atoms with Crippen molar-refractivity contribution in [1.82, 2.24) is 10.3 Å². The van der Waals surface area contributed by atoms with Crippen LogP contribution in [0.4, 0.5) is 26.3 Å². The third-order valence-electron chi connectivity index (χ3n) is 4.41. The molecule has 0 aliphatic heterocycles. The van der Waals surface area contributed by atoms with Crippen LogP contribution in [0.3, 0.4) is 0 Å². The van der Waals surface area contributed by atoms with Crippen molar-refractivity contribution in [2.45, 2.75) is 32.2 Å². The number of halogens is 6. The number of benzene rings is 1. The number of alkyl halides is 6. The summed E-state index contributed by atoms with van der Waals surface area (Å²) >= 11 is 0. The Morgan fingerprint density at radius 1 is 1.15 bits per heavy atom. The van der Waals surface area contributed by atoms with Gasteiger partial charge < -0.3 is 5.32 Å². The summed E-state index contributed by atoms with van der Waals surface area (Å²) in [5.74, 6) is -1.20. The summed E-state index contributed by atoms with van der Waals surface area (Å²) in [5.41, 5.74) is -3.37. The van der Waals surface area contributed by atoms with Crippen LogP contribution in [-0.4, -0.2) is 29.9 Å². The van der Waals surface area contributed by atoms with Gasteiger partial charge in [0, 0.05) is 18.0 Å². The van der Waals surface area contributed by atoms with Gasteiger partial charge in [0.2, 0.25) is 0 Å². The molecule has 1 atom stereocenters. The first-order valence-electron chi connectivity index (χ1n) is 9.48. The van der Waals surface area contributed by atoms with Crippen molar-refractivity contribution in [3.63, 3.8) is 0 Å². The zero-order valence-corrected chi connectivity index (χ0v) is 17.8. The molecule has 12 heteroatoms. The topological polar surface area (TPSA) is 90.5 Å². The fraction of sp³-hybridized carbons (Fsp3) is 0.227. The first-order chi connectivity index (χ1) is 15.8. The number of aromatic nitrogens is 1. The lowest BCUT2D eigenvalue weighted by Crippen LogP contribution is -2.34. The number of carbonyl (C=O) groups is 1. The summed E-state index contributed by atoms with van der Waals surface area (Å²) in [6.07, 6.45) is -7.54. The van der Waals surface area contributed by atoms with Crippen LogP contribution >= 0.6 is 0 Å². The summed E-state index contributed by atoms with van der Waals surface area (Å²) in [4.78, 5) is 24.7. The predicted octanol–water partition coefficient (Wildman–Crippen LogP) is 5.27. The number of carbonyl (C=O) groups excluding carboxylic acids is 1. The SMILES string of the molecule is C=N/C(=C(\N=CC)c1ccc(C#N)cn1)C(C)NC(=O)c1cc(C(F)(F)F)cc(C(F)(F)F)c1. The molecule has 1 amide bonds. The van der Waals surface area contributed by atoms with E-state index in [0.29, 0.717) is 12.1 Å². The molecule has 1 aromatic carbocycles. The minimum absolute atomic E-state index is 0.0479. The lowest BCUT2D eigenvalue weighted by atomic mass is 10.0. The smallest absolute Gasteiger partial charge is 0.344 e. The molecule has 0 spiro atoms. The second-order valence-electron chi connectivity index (χ2n) is 6.81. The molecule has 2 rings (SSSR count). The Kier molecular flexibility index (Phi) is 7.94. The third-order valence-corrected chi connectivity index (χ3v) is 4.41. The van der Waals surface area contributed by atoms with Crippen molar-refractivity contribution in [3.05, 3.63) is 70.2 Å². The van der Waals surface area contributed by atoms with Gasteiger partial charge in [-0.1, -0.05) is 0 Å². The molecule has 0 saturated heterocycles. The van der Waals surface area contributed by atoms with Gasteiger partial charge in [0.1, 0.15) is 11.8 Å². The molecule has 178 valence electrons. The molecular weight excluding hydrogens is 464 g/mol. The Morgan fingerprint density at radius 3 is 2.15 bits per heavy atom. The third kappa shape index (κ3) is 6.28. The van der Waals surface area contributed by atoms with E-state index in [-0.39, 0.29) is 28.7 Å². The molecule has 2 aromatic rings. The molecule has 0 aliphatic carbocycles. The largest absolute Gasteiger partial charge is 0.416 e. The van der Waals surface area contributed by atoms with E-state index >= 15 is 0 Å². The Hall–Kier alpha value is -4.01. The number of hydrogen-bond acceptors (Lipinski definition) is 5. The average molecular weight is 481 g/mol. The van der Waals surface area contributed by atoms with Crippen molar-refractivity contribution in [2.75, 3.05) is 0 Å². The number of pyridine rings is 1. The van der Waals surface area contributed by atoms with E-state index in [0.717, 1.165) is 0 Å². The minimum Gasteiger partial charge on any atom is -0.344 e. The Balaban J connectivity index is 2.49. The van der Waals surface area contributed by atoms with Gasteiger partial charge in [0.15, 0.2) is 0 Å². The molecule has 1 aromatic heterocycles. The standard InChI is InChI=1S/C22H17F6N5O/c1-4-31-19(17-6-5-13(10-29)11-32-17)18(30-3)12(2)33-20(34)14-7-15(21(23,24)25)9-16(8-14)22(26,27)28/h4-9,11-12H,3H2,1-2H3,(H,33,34)/b19-18-,31-4?. The Morgan fingerprint density at radius 2 is 1.74 bits per heavy atom. The van der Waals surface area contributed by atoms with Gasteiger partial charge in [0.05, 0.1) is 34.1 Å². The van der Waals surface area contributed by atoms with E-state index in [2.05, 4.69) is 27.0 Å². The Labute approximate surface area is 190 Å². The Bertz CT molecular complexity index is 1140. The number of rotatable bonds is 6. The van der Waals surface area contributed by atoms with Crippen LogP contribution in [0.5, 0.6) is 0 Å². The second kappa shape index (κ2) is 10.3. The van der Waals surface area contributed by atoms with Crippen LogP contribution in [0, 0.1) is 11.3 Å². The van der Waals surface area contributed by atoms with Crippen LogP contribution in [0.2, 0.25) is 0 Å². The molecule has 0 radical (unpaired) electrons. The molecule has 1 unspecified atom stereocenters. The summed E-state index contributed by atoms with van der Waals surface area (Å²) in [6, 6.07) is 4.37. The number of nitriles is 1. The molecule has 6 nitrogen and oxygen atoms in total. The fourth-order valence-electron chi connectivity index (χ4n) is 2.84. The highest BCUT2D eigenvalue weighted by molar-refractivity contribution is 5.95. The van der Waals surface area contributed by atoms with Gasteiger partial charge in [-0.25, -0.2) is 0 Å². The highest BCUT2D eigenvalue weighted by Gasteiger charge is 2.37. The molecule has 0 aliphatic rings.